The van der Waals surface area contributed by atoms with Gasteiger partial charge in [0.2, 0.25) is 0 Å². The molecule has 0 bridgehead atoms. The van der Waals surface area contributed by atoms with Gasteiger partial charge >= 0.3 is 6.03 Å². The number of urea groups is 1. The lowest BCUT2D eigenvalue weighted by Gasteiger charge is -2.06. The van der Waals surface area contributed by atoms with E-state index in [1.807, 2.05) is 31.2 Å². The second kappa shape index (κ2) is 7.08. The Morgan fingerprint density at radius 1 is 1.05 bits per heavy atom. The largest absolute Gasteiger partial charge is 0.398 e. The number of carbonyl (C=O) groups excluding carboxylic acids is 2. The highest BCUT2D eigenvalue weighted by Gasteiger charge is 2.11. The van der Waals surface area contributed by atoms with Gasteiger partial charge in [0.05, 0.1) is 5.56 Å². The van der Waals surface area contributed by atoms with E-state index in [4.69, 9.17) is 5.73 Å². The zero-order valence-electron chi connectivity index (χ0n) is 12.2. The predicted molar refractivity (Wildman–Crippen MR) is 87.1 cm³/mol. The molecule has 0 spiro atoms. The summed E-state index contributed by atoms with van der Waals surface area (Å²) in [5, 5.41) is 4.70. The molecule has 0 saturated carbocycles. The molecule has 0 radical (unpaired) electrons. The molecule has 0 aromatic heterocycles. The number of benzene rings is 2. The zero-order chi connectivity index (χ0) is 15.9. The summed E-state index contributed by atoms with van der Waals surface area (Å²) in [4.78, 5) is 23.6. The van der Waals surface area contributed by atoms with Gasteiger partial charge in [0.25, 0.3) is 5.91 Å². The number of hydrogen-bond donors (Lipinski definition) is 3. The van der Waals surface area contributed by atoms with Gasteiger partial charge in [-0.2, -0.15) is 0 Å². The van der Waals surface area contributed by atoms with E-state index in [1.54, 1.807) is 30.3 Å². The number of rotatable bonds is 3. The van der Waals surface area contributed by atoms with Gasteiger partial charge in [-0.25, -0.2) is 4.79 Å². The fraction of sp³-hybridized carbons (Fsp3) is 0.0588. The monoisotopic (exact) mass is 295 g/mol. The van der Waals surface area contributed by atoms with Crippen molar-refractivity contribution in [1.29, 1.82) is 0 Å². The number of para-hydroxylation sites is 1. The third-order valence-electron chi connectivity index (χ3n) is 3.10. The summed E-state index contributed by atoms with van der Waals surface area (Å²) in [7, 11) is 0. The van der Waals surface area contributed by atoms with Crippen molar-refractivity contribution in [3.05, 3.63) is 71.4 Å². The average molecular weight is 295 g/mol. The van der Waals surface area contributed by atoms with Crippen molar-refractivity contribution >= 4 is 23.7 Å². The molecule has 0 atom stereocenters. The summed E-state index contributed by atoms with van der Waals surface area (Å²) >= 11 is 0. The van der Waals surface area contributed by atoms with Gasteiger partial charge in [-0.05, 0) is 36.3 Å². The van der Waals surface area contributed by atoms with Crippen molar-refractivity contribution in [2.24, 2.45) is 0 Å². The van der Waals surface area contributed by atoms with Crippen LogP contribution >= 0.6 is 0 Å². The van der Waals surface area contributed by atoms with Gasteiger partial charge in [0, 0.05) is 11.9 Å². The lowest BCUT2D eigenvalue weighted by atomic mass is 10.1. The van der Waals surface area contributed by atoms with Gasteiger partial charge in [-0.1, -0.05) is 36.4 Å². The van der Waals surface area contributed by atoms with E-state index in [1.165, 1.54) is 6.20 Å². The summed E-state index contributed by atoms with van der Waals surface area (Å²) in [5.41, 5.74) is 8.35. The van der Waals surface area contributed by atoms with Crippen molar-refractivity contribution in [2.75, 3.05) is 5.73 Å². The van der Waals surface area contributed by atoms with Crippen molar-refractivity contribution in [1.82, 2.24) is 10.6 Å². The summed E-state index contributed by atoms with van der Waals surface area (Å²) in [6.07, 6.45) is 3.25. The molecule has 22 heavy (non-hydrogen) atoms. The Hall–Kier alpha value is -3.08. The standard InChI is InChI=1S/C17H17N3O2/c1-12-6-2-3-7-13(12)10-11-19-17(22)20-16(21)14-8-4-5-9-15(14)18/h2-11H,18H2,1H3,(H2,19,20,21,22)/b11-10+. The number of nitrogens with two attached hydrogens (primary N) is 1. The Morgan fingerprint density at radius 3 is 2.45 bits per heavy atom. The maximum atomic E-state index is 11.9. The van der Waals surface area contributed by atoms with E-state index >= 15 is 0 Å². The highest BCUT2D eigenvalue weighted by molar-refractivity contribution is 6.07. The normalized spacial score (nSPS) is 10.4. The number of imide groups is 1. The molecule has 2 aromatic rings. The van der Waals surface area contributed by atoms with Crippen LogP contribution in [-0.2, 0) is 0 Å². The molecule has 0 fully saturated rings. The smallest absolute Gasteiger partial charge is 0.325 e. The fourth-order valence-corrected chi connectivity index (χ4v) is 1.89. The molecule has 0 aliphatic heterocycles. The average Bonchev–Trinajstić information content (AvgIpc) is 2.49. The van der Waals surface area contributed by atoms with E-state index in [0.717, 1.165) is 11.1 Å². The van der Waals surface area contributed by atoms with Crippen LogP contribution < -0.4 is 16.4 Å². The van der Waals surface area contributed by atoms with Crippen LogP contribution in [-0.4, -0.2) is 11.9 Å². The lowest BCUT2D eigenvalue weighted by molar-refractivity contribution is 0.0965. The molecule has 5 nitrogen and oxygen atoms in total. The molecule has 5 heteroatoms. The van der Waals surface area contributed by atoms with E-state index in [0.29, 0.717) is 5.69 Å². The van der Waals surface area contributed by atoms with Crippen LogP contribution in [0.2, 0.25) is 0 Å². The first-order valence-corrected chi connectivity index (χ1v) is 6.76. The second-order valence-corrected chi connectivity index (χ2v) is 4.70. The maximum Gasteiger partial charge on any atom is 0.325 e. The molecule has 0 aliphatic carbocycles. The maximum absolute atomic E-state index is 11.9. The minimum Gasteiger partial charge on any atom is -0.398 e. The number of nitrogens with one attached hydrogen (secondary N) is 2. The molecule has 0 aliphatic rings. The van der Waals surface area contributed by atoms with E-state index in [9.17, 15) is 9.59 Å². The van der Waals surface area contributed by atoms with Crippen LogP contribution in [0.3, 0.4) is 0 Å². The number of aryl methyl sites for hydroxylation is 1. The highest BCUT2D eigenvalue weighted by atomic mass is 16.2. The predicted octanol–water partition coefficient (Wildman–Crippen LogP) is 2.69. The van der Waals surface area contributed by atoms with Crippen LogP contribution in [0.1, 0.15) is 21.5 Å². The van der Waals surface area contributed by atoms with Gasteiger partial charge in [0.1, 0.15) is 0 Å². The number of anilines is 1. The molecule has 0 unspecified atom stereocenters. The summed E-state index contributed by atoms with van der Waals surface area (Å²) in [5.74, 6) is -0.542. The second-order valence-electron chi connectivity index (χ2n) is 4.70. The first kappa shape index (κ1) is 15.3. The third-order valence-corrected chi connectivity index (χ3v) is 3.10. The molecule has 4 N–H and O–H groups in total. The minimum atomic E-state index is -0.613. The van der Waals surface area contributed by atoms with Gasteiger partial charge in [-0.3, -0.25) is 10.1 Å². The van der Waals surface area contributed by atoms with E-state index in [-0.39, 0.29) is 5.56 Å². The van der Waals surface area contributed by atoms with Gasteiger partial charge in [-0.15, -0.1) is 0 Å². The summed E-state index contributed by atoms with van der Waals surface area (Å²) < 4.78 is 0. The zero-order valence-corrected chi connectivity index (χ0v) is 12.2. The minimum absolute atomic E-state index is 0.264. The molecule has 2 rings (SSSR count). The van der Waals surface area contributed by atoms with Crippen molar-refractivity contribution < 1.29 is 9.59 Å². The summed E-state index contributed by atoms with van der Waals surface area (Å²) in [6, 6.07) is 13.7. The Kier molecular flexibility index (Phi) is 4.93. The molecule has 112 valence electrons. The first-order valence-electron chi connectivity index (χ1n) is 6.76. The molecule has 2 aromatic carbocycles. The van der Waals surface area contributed by atoms with E-state index in [2.05, 4.69) is 10.6 Å². The van der Waals surface area contributed by atoms with E-state index < -0.39 is 11.9 Å². The van der Waals surface area contributed by atoms with Crippen LogP contribution in [0.4, 0.5) is 10.5 Å². The molecule has 0 saturated heterocycles. The van der Waals surface area contributed by atoms with Crippen LogP contribution in [0.25, 0.3) is 6.08 Å². The summed E-state index contributed by atoms with van der Waals surface area (Å²) in [6.45, 7) is 1.97. The Labute approximate surface area is 128 Å². The molecular formula is C17H17N3O2. The molecule has 0 heterocycles. The Morgan fingerprint density at radius 2 is 1.73 bits per heavy atom. The number of amides is 3. The lowest BCUT2D eigenvalue weighted by Crippen LogP contribution is -2.37. The molecule has 3 amide bonds. The molecular weight excluding hydrogens is 278 g/mol. The van der Waals surface area contributed by atoms with Crippen LogP contribution in [0.5, 0.6) is 0 Å². The van der Waals surface area contributed by atoms with Gasteiger partial charge in [0.15, 0.2) is 0 Å². The topological polar surface area (TPSA) is 84.2 Å². The number of nitrogen functional groups attached to an aromatic ring is 1. The van der Waals surface area contributed by atoms with Crippen molar-refractivity contribution in [3.63, 3.8) is 0 Å². The van der Waals surface area contributed by atoms with Crippen LogP contribution in [0, 0.1) is 6.92 Å². The third kappa shape index (κ3) is 3.96. The Balaban J connectivity index is 1.92. The first-order chi connectivity index (χ1) is 10.6. The van der Waals surface area contributed by atoms with Gasteiger partial charge < -0.3 is 11.1 Å². The highest BCUT2D eigenvalue weighted by Crippen LogP contribution is 2.10. The Bertz CT molecular complexity index is 723. The number of hydrogen-bond acceptors (Lipinski definition) is 3. The quantitative estimate of drug-likeness (QED) is 0.761. The SMILES string of the molecule is Cc1ccccc1/C=C/NC(=O)NC(=O)c1ccccc1N. The van der Waals surface area contributed by atoms with Crippen molar-refractivity contribution in [3.8, 4) is 0 Å². The van der Waals surface area contributed by atoms with Crippen LogP contribution in [0.15, 0.2) is 54.7 Å². The number of carbonyl (C=O) groups is 2. The van der Waals surface area contributed by atoms with Crippen molar-refractivity contribution in [2.45, 2.75) is 6.92 Å². The fourth-order valence-electron chi connectivity index (χ4n) is 1.89.